The number of carbonyl (C=O) groups excluding carboxylic acids is 2. The van der Waals surface area contributed by atoms with Gasteiger partial charge in [-0.25, -0.2) is 4.79 Å². The van der Waals surface area contributed by atoms with Crippen molar-refractivity contribution in [3.05, 3.63) is 35.9 Å². The monoisotopic (exact) mass is 288 g/mol. The summed E-state index contributed by atoms with van der Waals surface area (Å²) < 4.78 is 0. The zero-order valence-corrected chi connectivity index (χ0v) is 12.3. The van der Waals surface area contributed by atoms with Crippen LogP contribution in [0.3, 0.4) is 0 Å². The topological polar surface area (TPSA) is 55.9 Å². The number of hydrogen-bond acceptors (Lipinski definition) is 4. The Balaban J connectivity index is 1.72. The molecule has 0 radical (unpaired) electrons. The van der Waals surface area contributed by atoms with E-state index in [2.05, 4.69) is 22.3 Å². The number of fused-ring (bicyclic) bond motifs is 1. The van der Waals surface area contributed by atoms with E-state index in [4.69, 9.17) is 0 Å². The van der Waals surface area contributed by atoms with Gasteiger partial charge in [0.05, 0.1) is 18.8 Å². The molecular formula is C15H20N4O2. The maximum Gasteiger partial charge on any atom is 0.327 e. The Hall–Kier alpha value is -1.92. The van der Waals surface area contributed by atoms with Crippen molar-refractivity contribution in [3.63, 3.8) is 0 Å². The van der Waals surface area contributed by atoms with Gasteiger partial charge < -0.3 is 4.90 Å². The molecule has 112 valence electrons. The quantitative estimate of drug-likeness (QED) is 0.862. The Morgan fingerprint density at radius 1 is 1.19 bits per heavy atom. The number of nitrogens with one attached hydrogen (secondary N) is 1. The van der Waals surface area contributed by atoms with Gasteiger partial charge in [-0.2, -0.15) is 0 Å². The number of imide groups is 1. The fraction of sp³-hybridized carbons (Fsp3) is 0.467. The highest BCUT2D eigenvalue weighted by Gasteiger charge is 2.45. The van der Waals surface area contributed by atoms with Gasteiger partial charge in [-0.05, 0) is 5.56 Å². The van der Waals surface area contributed by atoms with Gasteiger partial charge in [0.1, 0.15) is 0 Å². The molecule has 2 atom stereocenters. The molecule has 0 aromatic heterocycles. The molecule has 0 spiro atoms. The van der Waals surface area contributed by atoms with Gasteiger partial charge in [0.25, 0.3) is 0 Å². The Morgan fingerprint density at radius 3 is 2.62 bits per heavy atom. The second kappa shape index (κ2) is 5.46. The highest BCUT2D eigenvalue weighted by Crippen LogP contribution is 2.23. The molecule has 1 N–H and O–H groups in total. The van der Waals surface area contributed by atoms with E-state index in [1.807, 2.05) is 18.2 Å². The molecule has 21 heavy (non-hydrogen) atoms. The van der Waals surface area contributed by atoms with Gasteiger partial charge in [-0.1, -0.05) is 30.3 Å². The van der Waals surface area contributed by atoms with Crippen molar-refractivity contribution in [1.82, 2.24) is 20.0 Å². The summed E-state index contributed by atoms with van der Waals surface area (Å²) in [5.74, 6) is -0.316. The summed E-state index contributed by atoms with van der Waals surface area (Å²) in [5.41, 5.74) is 1.22. The molecule has 6 heteroatoms. The van der Waals surface area contributed by atoms with Crippen molar-refractivity contribution in [2.75, 3.05) is 27.3 Å². The number of hydrogen-bond donors (Lipinski definition) is 1. The molecule has 2 aliphatic rings. The summed E-state index contributed by atoms with van der Waals surface area (Å²) in [4.78, 5) is 29.3. The van der Waals surface area contributed by atoms with Crippen molar-refractivity contribution >= 4 is 11.9 Å². The van der Waals surface area contributed by atoms with Gasteiger partial charge in [0, 0.05) is 27.2 Å². The average Bonchev–Trinajstić information content (AvgIpc) is 2.52. The average molecular weight is 288 g/mol. The van der Waals surface area contributed by atoms with E-state index in [0.29, 0.717) is 13.2 Å². The highest BCUT2D eigenvalue weighted by atomic mass is 16.2. The zero-order chi connectivity index (χ0) is 15.0. The van der Waals surface area contributed by atoms with E-state index in [-0.39, 0.29) is 24.0 Å². The third kappa shape index (κ3) is 2.52. The van der Waals surface area contributed by atoms with Crippen LogP contribution >= 0.6 is 0 Å². The van der Waals surface area contributed by atoms with Crippen LogP contribution in [0.4, 0.5) is 4.79 Å². The van der Waals surface area contributed by atoms with Crippen molar-refractivity contribution in [2.24, 2.45) is 5.92 Å². The Kier molecular flexibility index (Phi) is 3.65. The predicted molar refractivity (Wildman–Crippen MR) is 78.1 cm³/mol. The Labute approximate surface area is 124 Å². The Bertz CT molecular complexity index is 548. The number of urea groups is 1. The van der Waals surface area contributed by atoms with Crippen LogP contribution in [0.15, 0.2) is 30.3 Å². The summed E-state index contributed by atoms with van der Waals surface area (Å²) in [7, 11) is 3.29. The largest absolute Gasteiger partial charge is 0.327 e. The minimum atomic E-state index is -0.245. The third-order valence-electron chi connectivity index (χ3n) is 4.26. The first-order valence-corrected chi connectivity index (χ1v) is 7.12. The van der Waals surface area contributed by atoms with E-state index < -0.39 is 0 Å². The maximum atomic E-state index is 12.3. The van der Waals surface area contributed by atoms with Gasteiger partial charge in [0.2, 0.25) is 5.91 Å². The second-order valence-electron chi connectivity index (χ2n) is 5.70. The number of carbonyl (C=O) groups is 2. The lowest BCUT2D eigenvalue weighted by Crippen LogP contribution is -2.69. The van der Waals surface area contributed by atoms with E-state index >= 15 is 0 Å². The van der Waals surface area contributed by atoms with Crippen LogP contribution in [0.5, 0.6) is 0 Å². The van der Waals surface area contributed by atoms with E-state index in [1.165, 1.54) is 10.5 Å². The zero-order valence-electron chi connectivity index (χ0n) is 12.3. The molecule has 2 unspecified atom stereocenters. The molecule has 1 aromatic rings. The molecule has 6 nitrogen and oxygen atoms in total. The van der Waals surface area contributed by atoms with Crippen LogP contribution in [0.25, 0.3) is 0 Å². The van der Waals surface area contributed by atoms with Crippen molar-refractivity contribution in [1.29, 1.82) is 0 Å². The number of amides is 3. The molecule has 0 aliphatic carbocycles. The molecule has 0 bridgehead atoms. The second-order valence-corrected chi connectivity index (χ2v) is 5.70. The maximum absolute atomic E-state index is 12.3. The molecule has 2 saturated heterocycles. The van der Waals surface area contributed by atoms with E-state index in [0.717, 1.165) is 6.54 Å². The lowest BCUT2D eigenvalue weighted by Gasteiger charge is -2.47. The summed E-state index contributed by atoms with van der Waals surface area (Å²) in [6, 6.07) is 9.94. The summed E-state index contributed by atoms with van der Waals surface area (Å²) in [5, 5.41) is 3.31. The lowest BCUT2D eigenvalue weighted by molar-refractivity contribution is -0.141. The molecule has 0 saturated carbocycles. The molecule has 3 amide bonds. The molecule has 1 aromatic carbocycles. The van der Waals surface area contributed by atoms with Crippen LogP contribution < -0.4 is 5.32 Å². The first kappa shape index (κ1) is 14.0. The minimum Gasteiger partial charge on any atom is -0.311 e. The van der Waals surface area contributed by atoms with Crippen LogP contribution in [0, 0.1) is 5.92 Å². The van der Waals surface area contributed by atoms with Crippen molar-refractivity contribution < 1.29 is 9.59 Å². The number of rotatable bonds is 2. The number of nitrogens with zero attached hydrogens (tertiary/aromatic N) is 3. The first-order chi connectivity index (χ1) is 10.1. The van der Waals surface area contributed by atoms with E-state index in [9.17, 15) is 9.59 Å². The van der Waals surface area contributed by atoms with Gasteiger partial charge in [-0.15, -0.1) is 0 Å². The normalized spacial score (nSPS) is 27.0. The van der Waals surface area contributed by atoms with Crippen molar-refractivity contribution in [3.8, 4) is 0 Å². The van der Waals surface area contributed by atoms with Crippen LogP contribution in [-0.4, -0.2) is 60.1 Å². The fourth-order valence-electron chi connectivity index (χ4n) is 3.09. The predicted octanol–water partition coefficient (Wildman–Crippen LogP) is 0.515. The van der Waals surface area contributed by atoms with E-state index in [1.54, 1.807) is 19.0 Å². The van der Waals surface area contributed by atoms with Crippen LogP contribution in [-0.2, 0) is 11.3 Å². The molecule has 2 fully saturated rings. The SMILES string of the molecule is CN1C(=O)C2CN(Cc3ccccc3)CNC2N(C)C1=O. The van der Waals surface area contributed by atoms with Gasteiger partial charge >= 0.3 is 6.03 Å². The molecule has 2 aliphatic heterocycles. The summed E-state index contributed by atoms with van der Waals surface area (Å²) in [6.07, 6.45) is -0.201. The fourth-order valence-corrected chi connectivity index (χ4v) is 3.09. The standard InChI is InChI=1S/C15H20N4O2/c1-17-13-12(14(20)18(2)15(17)21)9-19(10-16-13)8-11-6-4-3-5-7-11/h3-7,12-13,16H,8-10H2,1-2H3. The highest BCUT2D eigenvalue weighted by molar-refractivity contribution is 5.98. The molecule has 3 rings (SSSR count). The summed E-state index contributed by atoms with van der Waals surface area (Å²) >= 11 is 0. The first-order valence-electron chi connectivity index (χ1n) is 7.12. The third-order valence-corrected chi connectivity index (χ3v) is 4.26. The lowest BCUT2D eigenvalue weighted by atomic mass is 9.98. The minimum absolute atomic E-state index is 0.103. The summed E-state index contributed by atoms with van der Waals surface area (Å²) in [6.45, 7) is 2.13. The van der Waals surface area contributed by atoms with Gasteiger partial charge in [0.15, 0.2) is 0 Å². The molecular weight excluding hydrogens is 268 g/mol. The number of benzene rings is 1. The van der Waals surface area contributed by atoms with Gasteiger partial charge in [-0.3, -0.25) is 19.9 Å². The molecule has 2 heterocycles. The smallest absolute Gasteiger partial charge is 0.311 e. The van der Waals surface area contributed by atoms with Crippen molar-refractivity contribution in [2.45, 2.75) is 12.7 Å². The Morgan fingerprint density at radius 2 is 1.90 bits per heavy atom. The van der Waals surface area contributed by atoms with Crippen LogP contribution in [0.1, 0.15) is 5.56 Å². The van der Waals surface area contributed by atoms with Crippen LogP contribution in [0.2, 0.25) is 0 Å².